The second-order valence-corrected chi connectivity index (χ2v) is 5.73. The maximum absolute atomic E-state index is 12.2. The molecule has 3 aromatic rings. The van der Waals surface area contributed by atoms with E-state index in [0.29, 0.717) is 13.1 Å². The lowest BCUT2D eigenvalue weighted by Crippen LogP contribution is -2.21. The lowest BCUT2D eigenvalue weighted by Gasteiger charge is -2.08. The summed E-state index contributed by atoms with van der Waals surface area (Å²) in [5, 5.41) is 4.36. The number of aromatic amines is 1. The van der Waals surface area contributed by atoms with Crippen LogP contribution in [0, 0.1) is 20.8 Å². The van der Waals surface area contributed by atoms with Gasteiger partial charge in [0.2, 0.25) is 0 Å². The Morgan fingerprint density at radius 2 is 1.82 bits per heavy atom. The highest BCUT2D eigenvalue weighted by Gasteiger charge is 2.07. The van der Waals surface area contributed by atoms with E-state index in [1.54, 1.807) is 0 Å². The van der Waals surface area contributed by atoms with Gasteiger partial charge in [0, 0.05) is 17.5 Å². The summed E-state index contributed by atoms with van der Waals surface area (Å²) in [6.45, 7) is 7.11. The average molecular weight is 296 g/mol. The van der Waals surface area contributed by atoms with E-state index in [-0.39, 0.29) is 5.56 Å². The minimum absolute atomic E-state index is 0.0377. The zero-order valence-electron chi connectivity index (χ0n) is 13.1. The van der Waals surface area contributed by atoms with E-state index in [2.05, 4.69) is 23.3 Å². The first-order valence-corrected chi connectivity index (χ1v) is 7.43. The molecule has 4 heteroatoms. The molecule has 0 amide bonds. The molecule has 0 atom stereocenters. The van der Waals surface area contributed by atoms with Gasteiger partial charge in [0.25, 0.3) is 5.56 Å². The normalized spacial score (nSPS) is 11.2. The molecule has 0 radical (unpaired) electrons. The molecule has 0 saturated heterocycles. The molecular formula is C18H20N2O2. The Bertz CT molecular complexity index is 874. The molecule has 22 heavy (non-hydrogen) atoms. The minimum atomic E-state index is -0.0377. The molecule has 0 spiro atoms. The number of aryl methyl sites for hydroxylation is 3. The number of hydrogen-bond acceptors (Lipinski definition) is 3. The maximum Gasteiger partial charge on any atom is 0.252 e. The molecule has 0 fully saturated rings. The third kappa shape index (κ3) is 2.83. The molecule has 2 N–H and O–H groups in total. The smallest absolute Gasteiger partial charge is 0.252 e. The molecule has 0 aliphatic carbocycles. The van der Waals surface area contributed by atoms with Gasteiger partial charge < -0.3 is 14.7 Å². The Morgan fingerprint density at radius 3 is 2.55 bits per heavy atom. The van der Waals surface area contributed by atoms with E-state index in [4.69, 9.17) is 4.42 Å². The van der Waals surface area contributed by atoms with Gasteiger partial charge in [-0.15, -0.1) is 0 Å². The van der Waals surface area contributed by atoms with Gasteiger partial charge in [-0.25, -0.2) is 0 Å². The summed E-state index contributed by atoms with van der Waals surface area (Å²) >= 11 is 0. The predicted octanol–water partition coefficient (Wildman–Crippen LogP) is 3.34. The third-order valence-corrected chi connectivity index (χ3v) is 3.93. The van der Waals surface area contributed by atoms with Crippen LogP contribution in [0.2, 0.25) is 0 Å². The van der Waals surface area contributed by atoms with Crippen molar-refractivity contribution in [1.29, 1.82) is 0 Å². The van der Waals surface area contributed by atoms with Crippen molar-refractivity contribution in [2.24, 2.45) is 0 Å². The molecule has 4 nitrogen and oxygen atoms in total. The molecule has 2 aromatic heterocycles. The number of aromatic nitrogens is 1. The first kappa shape index (κ1) is 14.6. The average Bonchev–Trinajstić information content (AvgIpc) is 2.90. The van der Waals surface area contributed by atoms with Crippen LogP contribution in [-0.2, 0) is 13.1 Å². The molecule has 0 aliphatic rings. The minimum Gasteiger partial charge on any atom is -0.465 e. The Kier molecular flexibility index (Phi) is 3.86. The molecular weight excluding hydrogens is 276 g/mol. The van der Waals surface area contributed by atoms with E-state index in [1.165, 1.54) is 5.56 Å². The van der Waals surface area contributed by atoms with E-state index < -0.39 is 0 Å². The summed E-state index contributed by atoms with van der Waals surface area (Å²) < 4.78 is 5.51. The van der Waals surface area contributed by atoms with Crippen LogP contribution >= 0.6 is 0 Å². The van der Waals surface area contributed by atoms with Gasteiger partial charge >= 0.3 is 0 Å². The lowest BCUT2D eigenvalue weighted by molar-refractivity contribution is 0.461. The number of nitrogens with one attached hydrogen (secondary N) is 2. The Labute approximate surface area is 129 Å². The molecule has 0 unspecified atom stereocenters. The van der Waals surface area contributed by atoms with Crippen molar-refractivity contribution >= 4 is 10.9 Å². The van der Waals surface area contributed by atoms with E-state index in [9.17, 15) is 4.79 Å². The molecule has 2 heterocycles. The van der Waals surface area contributed by atoms with Crippen molar-refractivity contribution in [3.8, 4) is 0 Å². The molecule has 0 aliphatic heterocycles. The number of benzene rings is 1. The zero-order chi connectivity index (χ0) is 15.7. The van der Waals surface area contributed by atoms with Gasteiger partial charge in [0.05, 0.1) is 12.1 Å². The van der Waals surface area contributed by atoms with Crippen LogP contribution in [0.15, 0.2) is 39.5 Å². The summed E-state index contributed by atoms with van der Waals surface area (Å²) in [6.07, 6.45) is 0. The number of rotatable bonds is 4. The summed E-state index contributed by atoms with van der Waals surface area (Å²) in [7, 11) is 0. The molecule has 0 saturated carbocycles. The van der Waals surface area contributed by atoms with E-state index >= 15 is 0 Å². The van der Waals surface area contributed by atoms with Crippen molar-refractivity contribution in [1.82, 2.24) is 10.3 Å². The fourth-order valence-corrected chi connectivity index (χ4v) is 2.65. The van der Waals surface area contributed by atoms with Crippen LogP contribution in [0.3, 0.4) is 0 Å². The highest BCUT2D eigenvalue weighted by Crippen LogP contribution is 2.19. The maximum atomic E-state index is 12.2. The monoisotopic (exact) mass is 296 g/mol. The van der Waals surface area contributed by atoms with E-state index in [1.807, 2.05) is 38.1 Å². The number of furan rings is 1. The molecule has 1 aromatic carbocycles. The van der Waals surface area contributed by atoms with Crippen molar-refractivity contribution in [3.63, 3.8) is 0 Å². The number of H-pyrrole nitrogens is 1. The highest BCUT2D eigenvalue weighted by atomic mass is 16.3. The van der Waals surface area contributed by atoms with Crippen LogP contribution < -0.4 is 10.9 Å². The Balaban J connectivity index is 1.83. The quantitative estimate of drug-likeness (QED) is 0.776. The van der Waals surface area contributed by atoms with Crippen molar-refractivity contribution in [2.75, 3.05) is 0 Å². The van der Waals surface area contributed by atoms with Gasteiger partial charge in [-0.05, 0) is 50.1 Å². The Morgan fingerprint density at radius 1 is 1.05 bits per heavy atom. The molecule has 0 bridgehead atoms. The van der Waals surface area contributed by atoms with Crippen LogP contribution in [0.4, 0.5) is 0 Å². The van der Waals surface area contributed by atoms with Gasteiger partial charge in [0.1, 0.15) is 11.5 Å². The number of hydrogen-bond donors (Lipinski definition) is 2. The fourth-order valence-electron chi connectivity index (χ4n) is 2.65. The topological polar surface area (TPSA) is 58.0 Å². The molecule has 3 rings (SSSR count). The third-order valence-electron chi connectivity index (χ3n) is 3.93. The zero-order valence-corrected chi connectivity index (χ0v) is 13.1. The fraction of sp³-hybridized carbons (Fsp3) is 0.278. The van der Waals surface area contributed by atoms with Crippen LogP contribution in [0.25, 0.3) is 10.9 Å². The number of pyridine rings is 1. The van der Waals surface area contributed by atoms with Crippen LogP contribution in [0.5, 0.6) is 0 Å². The summed E-state index contributed by atoms with van der Waals surface area (Å²) in [4.78, 5) is 15.2. The summed E-state index contributed by atoms with van der Waals surface area (Å²) in [6, 6.07) is 9.98. The summed E-state index contributed by atoms with van der Waals surface area (Å²) in [5.74, 6) is 1.77. The first-order chi connectivity index (χ1) is 10.5. The standard InChI is InChI=1S/C18H20N2O2/c1-11-4-5-12(2)17-16(11)8-14(18(21)20-17)9-19-10-15-7-6-13(3)22-15/h4-8,19H,9-10H2,1-3H3,(H,20,21). The van der Waals surface area contributed by atoms with E-state index in [0.717, 1.165) is 33.6 Å². The first-order valence-electron chi connectivity index (χ1n) is 7.43. The SMILES string of the molecule is Cc1ccc(CNCc2cc3c(C)ccc(C)c3[nH]c2=O)o1. The second kappa shape index (κ2) is 5.81. The van der Waals surface area contributed by atoms with Crippen molar-refractivity contribution in [2.45, 2.75) is 33.9 Å². The Hall–Kier alpha value is -2.33. The summed E-state index contributed by atoms with van der Waals surface area (Å²) in [5.41, 5.74) is 3.88. The van der Waals surface area contributed by atoms with Crippen molar-refractivity contribution in [3.05, 3.63) is 68.9 Å². The lowest BCUT2D eigenvalue weighted by atomic mass is 10.0. The number of fused-ring (bicyclic) bond motifs is 1. The van der Waals surface area contributed by atoms with Crippen molar-refractivity contribution < 1.29 is 4.42 Å². The predicted molar refractivity (Wildman–Crippen MR) is 88.0 cm³/mol. The second-order valence-electron chi connectivity index (χ2n) is 5.73. The highest BCUT2D eigenvalue weighted by molar-refractivity contribution is 5.85. The molecule has 114 valence electrons. The largest absolute Gasteiger partial charge is 0.465 e. The van der Waals surface area contributed by atoms with Gasteiger partial charge in [-0.1, -0.05) is 12.1 Å². The van der Waals surface area contributed by atoms with Crippen LogP contribution in [-0.4, -0.2) is 4.98 Å². The van der Waals surface area contributed by atoms with Gasteiger partial charge in [-0.2, -0.15) is 0 Å². The van der Waals surface area contributed by atoms with Gasteiger partial charge in [0.15, 0.2) is 0 Å². The van der Waals surface area contributed by atoms with Crippen LogP contribution in [0.1, 0.15) is 28.2 Å². The van der Waals surface area contributed by atoms with Gasteiger partial charge in [-0.3, -0.25) is 4.79 Å².